The third kappa shape index (κ3) is 2.98. The molecule has 1 unspecified atom stereocenters. The number of thiazole rings is 1. The monoisotopic (exact) mass is 288 g/mol. The van der Waals surface area contributed by atoms with E-state index in [9.17, 15) is 0 Å². The summed E-state index contributed by atoms with van der Waals surface area (Å²) in [4.78, 5) is 13.6. The Bertz CT molecular complexity index is 604. The van der Waals surface area contributed by atoms with Crippen molar-refractivity contribution in [1.82, 2.24) is 15.0 Å². The molecule has 4 nitrogen and oxygen atoms in total. The Hall–Kier alpha value is -1.49. The van der Waals surface area contributed by atoms with Gasteiger partial charge < -0.3 is 5.32 Å². The largest absolute Gasteiger partial charge is 0.360 e. The van der Waals surface area contributed by atoms with Crippen molar-refractivity contribution in [2.24, 2.45) is 5.92 Å². The summed E-state index contributed by atoms with van der Waals surface area (Å²) in [5.41, 5.74) is 2.19. The van der Waals surface area contributed by atoms with Gasteiger partial charge in [-0.1, -0.05) is 6.92 Å². The minimum absolute atomic E-state index is 0.299. The highest BCUT2D eigenvalue weighted by Gasteiger charge is 2.34. The molecule has 3 rings (SSSR count). The summed E-state index contributed by atoms with van der Waals surface area (Å²) < 4.78 is 0. The number of nitrogens with one attached hydrogen (secondary N) is 1. The first-order valence-electron chi connectivity index (χ1n) is 7.19. The van der Waals surface area contributed by atoms with Crippen LogP contribution in [0.2, 0.25) is 0 Å². The van der Waals surface area contributed by atoms with Gasteiger partial charge in [-0.3, -0.25) is 0 Å². The molecule has 106 valence electrons. The minimum Gasteiger partial charge on any atom is -0.360 e. The zero-order valence-electron chi connectivity index (χ0n) is 12.2. The van der Waals surface area contributed by atoms with Crippen LogP contribution in [-0.2, 0) is 6.42 Å². The number of hydrogen-bond donors (Lipinski definition) is 1. The molecule has 1 saturated carbocycles. The molecule has 5 heteroatoms. The standard InChI is InChI=1S/C15H20N4S/c1-4-12-7-13(18-10(3)17-12)19-14(11-5-6-11)15-16-9(2)8-20-15/h7-8,11,14H,4-6H2,1-3H3,(H,17,18,19). The van der Waals surface area contributed by atoms with Crippen molar-refractivity contribution in [1.29, 1.82) is 0 Å². The molecule has 1 aliphatic rings. The highest BCUT2D eigenvalue weighted by atomic mass is 32.1. The zero-order valence-corrected chi connectivity index (χ0v) is 13.0. The molecule has 1 aliphatic carbocycles. The number of rotatable bonds is 5. The molecule has 2 aromatic rings. The van der Waals surface area contributed by atoms with Crippen LogP contribution in [0.4, 0.5) is 5.82 Å². The first-order valence-corrected chi connectivity index (χ1v) is 8.06. The van der Waals surface area contributed by atoms with Gasteiger partial charge in [0.05, 0.1) is 6.04 Å². The number of anilines is 1. The molecule has 0 aliphatic heterocycles. The van der Waals surface area contributed by atoms with Gasteiger partial charge >= 0.3 is 0 Å². The van der Waals surface area contributed by atoms with E-state index in [1.807, 2.05) is 13.8 Å². The topological polar surface area (TPSA) is 50.7 Å². The third-order valence-electron chi connectivity index (χ3n) is 3.55. The summed E-state index contributed by atoms with van der Waals surface area (Å²) in [7, 11) is 0. The van der Waals surface area contributed by atoms with E-state index in [1.54, 1.807) is 11.3 Å². The van der Waals surface area contributed by atoms with Gasteiger partial charge in [0.2, 0.25) is 0 Å². The van der Waals surface area contributed by atoms with Crippen LogP contribution in [0.15, 0.2) is 11.4 Å². The fourth-order valence-electron chi connectivity index (χ4n) is 2.37. The Morgan fingerprint density at radius 1 is 1.30 bits per heavy atom. The second-order valence-electron chi connectivity index (χ2n) is 5.43. The Kier molecular flexibility index (Phi) is 3.70. The molecule has 0 bridgehead atoms. The van der Waals surface area contributed by atoms with Crippen molar-refractivity contribution in [3.05, 3.63) is 33.7 Å². The molecule has 2 heterocycles. The predicted molar refractivity (Wildman–Crippen MR) is 82.1 cm³/mol. The maximum Gasteiger partial charge on any atom is 0.130 e. The number of nitrogens with zero attached hydrogens (tertiary/aromatic N) is 3. The Labute approximate surface area is 123 Å². The molecule has 0 radical (unpaired) electrons. The Morgan fingerprint density at radius 2 is 2.10 bits per heavy atom. The molecule has 1 N–H and O–H groups in total. The van der Waals surface area contributed by atoms with Crippen molar-refractivity contribution in [2.45, 2.75) is 46.1 Å². The second-order valence-corrected chi connectivity index (χ2v) is 6.32. The van der Waals surface area contributed by atoms with Crippen molar-refractivity contribution >= 4 is 17.2 Å². The Balaban J connectivity index is 1.85. The second kappa shape index (κ2) is 5.48. The molecule has 1 atom stereocenters. The quantitative estimate of drug-likeness (QED) is 0.912. The van der Waals surface area contributed by atoms with Gasteiger partial charge in [-0.05, 0) is 39.0 Å². The normalized spacial score (nSPS) is 16.1. The van der Waals surface area contributed by atoms with E-state index < -0.39 is 0 Å². The van der Waals surface area contributed by atoms with Crippen LogP contribution in [0, 0.1) is 19.8 Å². The fraction of sp³-hybridized carbons (Fsp3) is 0.533. The van der Waals surface area contributed by atoms with Crippen LogP contribution < -0.4 is 5.32 Å². The number of aryl methyl sites for hydroxylation is 3. The molecule has 0 spiro atoms. The smallest absolute Gasteiger partial charge is 0.130 e. The van der Waals surface area contributed by atoms with Crippen LogP contribution in [0.1, 0.15) is 48.0 Å². The van der Waals surface area contributed by atoms with Crippen molar-refractivity contribution in [3.8, 4) is 0 Å². The zero-order chi connectivity index (χ0) is 14.1. The molecule has 0 amide bonds. The molecule has 2 aromatic heterocycles. The molecule has 0 saturated heterocycles. The van der Waals surface area contributed by atoms with E-state index in [4.69, 9.17) is 0 Å². The van der Waals surface area contributed by atoms with Crippen LogP contribution in [0.25, 0.3) is 0 Å². The molecule has 20 heavy (non-hydrogen) atoms. The first-order chi connectivity index (χ1) is 9.65. The summed E-state index contributed by atoms with van der Waals surface area (Å²) in [6, 6.07) is 2.36. The van der Waals surface area contributed by atoms with Crippen molar-refractivity contribution < 1.29 is 0 Å². The highest BCUT2D eigenvalue weighted by Crippen LogP contribution is 2.43. The van der Waals surface area contributed by atoms with Gasteiger partial charge in [-0.2, -0.15) is 0 Å². The van der Waals surface area contributed by atoms with E-state index >= 15 is 0 Å². The lowest BCUT2D eigenvalue weighted by Crippen LogP contribution is -2.14. The minimum atomic E-state index is 0.299. The third-order valence-corrected chi connectivity index (χ3v) is 4.60. The summed E-state index contributed by atoms with van der Waals surface area (Å²) in [5, 5.41) is 6.88. The van der Waals surface area contributed by atoms with Gasteiger partial charge in [0.25, 0.3) is 0 Å². The lowest BCUT2D eigenvalue weighted by Gasteiger charge is -2.17. The maximum absolute atomic E-state index is 4.65. The summed E-state index contributed by atoms with van der Waals surface area (Å²) in [5.74, 6) is 2.46. The number of aromatic nitrogens is 3. The van der Waals surface area contributed by atoms with Crippen LogP contribution in [-0.4, -0.2) is 15.0 Å². The van der Waals surface area contributed by atoms with Crippen LogP contribution in [0.3, 0.4) is 0 Å². The van der Waals surface area contributed by atoms with Crippen LogP contribution in [0.5, 0.6) is 0 Å². The summed E-state index contributed by atoms with van der Waals surface area (Å²) >= 11 is 1.74. The average molecular weight is 288 g/mol. The Morgan fingerprint density at radius 3 is 2.70 bits per heavy atom. The van der Waals surface area contributed by atoms with Gasteiger partial charge in [0, 0.05) is 22.8 Å². The van der Waals surface area contributed by atoms with E-state index in [2.05, 4.69) is 38.6 Å². The van der Waals surface area contributed by atoms with E-state index in [1.165, 1.54) is 17.8 Å². The summed E-state index contributed by atoms with van der Waals surface area (Å²) in [6.45, 7) is 6.12. The average Bonchev–Trinajstić information content (AvgIpc) is 3.17. The summed E-state index contributed by atoms with van der Waals surface area (Å²) in [6.07, 6.45) is 3.49. The van der Waals surface area contributed by atoms with Gasteiger partial charge in [0.1, 0.15) is 16.6 Å². The molecular weight excluding hydrogens is 268 g/mol. The SMILES string of the molecule is CCc1cc(NC(c2nc(C)cs2)C2CC2)nc(C)n1. The van der Waals surface area contributed by atoms with Crippen LogP contribution >= 0.6 is 11.3 Å². The maximum atomic E-state index is 4.65. The van der Waals surface area contributed by atoms with E-state index in [0.29, 0.717) is 12.0 Å². The van der Waals surface area contributed by atoms with Gasteiger partial charge in [0.15, 0.2) is 0 Å². The lowest BCUT2D eigenvalue weighted by molar-refractivity contribution is 0.667. The molecule has 1 fully saturated rings. The van der Waals surface area contributed by atoms with Crippen molar-refractivity contribution in [2.75, 3.05) is 5.32 Å². The van der Waals surface area contributed by atoms with E-state index in [-0.39, 0.29) is 0 Å². The van der Waals surface area contributed by atoms with Crippen molar-refractivity contribution in [3.63, 3.8) is 0 Å². The number of hydrogen-bond acceptors (Lipinski definition) is 5. The van der Waals surface area contributed by atoms with E-state index in [0.717, 1.165) is 29.5 Å². The van der Waals surface area contributed by atoms with Gasteiger partial charge in [-0.15, -0.1) is 11.3 Å². The highest BCUT2D eigenvalue weighted by molar-refractivity contribution is 7.09. The van der Waals surface area contributed by atoms with Gasteiger partial charge in [-0.25, -0.2) is 15.0 Å². The molecule has 0 aromatic carbocycles. The predicted octanol–water partition coefficient (Wildman–Crippen LogP) is 3.68. The molecular formula is C15H20N4S. The fourth-order valence-corrected chi connectivity index (χ4v) is 3.31. The first kappa shape index (κ1) is 13.5. The lowest BCUT2D eigenvalue weighted by atomic mass is 10.2.